The SMILES string of the molecule is CC1CNC2(CCCC2)CN1CC1CSCCS1. The van der Waals surface area contributed by atoms with Crippen LogP contribution in [0.1, 0.15) is 32.6 Å². The van der Waals surface area contributed by atoms with E-state index in [0.29, 0.717) is 5.54 Å². The molecule has 1 spiro atoms. The lowest BCUT2D eigenvalue weighted by Crippen LogP contribution is -2.63. The van der Waals surface area contributed by atoms with Crippen molar-refractivity contribution in [3.05, 3.63) is 0 Å². The average Bonchev–Trinajstić information content (AvgIpc) is 2.84. The predicted molar refractivity (Wildman–Crippen MR) is 83.8 cm³/mol. The molecule has 2 saturated heterocycles. The molecule has 1 aliphatic carbocycles. The van der Waals surface area contributed by atoms with E-state index in [4.69, 9.17) is 0 Å². The molecule has 2 aliphatic heterocycles. The van der Waals surface area contributed by atoms with Crippen molar-refractivity contribution in [2.45, 2.75) is 49.4 Å². The van der Waals surface area contributed by atoms with Crippen molar-refractivity contribution in [2.75, 3.05) is 36.9 Å². The largest absolute Gasteiger partial charge is 0.308 e. The second-order valence-corrected chi connectivity index (χ2v) is 8.77. The van der Waals surface area contributed by atoms with Crippen molar-refractivity contribution in [1.29, 1.82) is 0 Å². The Morgan fingerprint density at radius 3 is 2.83 bits per heavy atom. The van der Waals surface area contributed by atoms with E-state index in [1.165, 1.54) is 62.6 Å². The number of piperazine rings is 1. The van der Waals surface area contributed by atoms with Crippen LogP contribution in [-0.4, -0.2) is 58.6 Å². The minimum Gasteiger partial charge on any atom is -0.308 e. The molecule has 3 fully saturated rings. The van der Waals surface area contributed by atoms with Crippen molar-refractivity contribution < 1.29 is 0 Å². The number of nitrogens with zero attached hydrogens (tertiary/aromatic N) is 1. The van der Waals surface area contributed by atoms with Gasteiger partial charge < -0.3 is 5.32 Å². The maximum atomic E-state index is 3.86. The highest BCUT2D eigenvalue weighted by molar-refractivity contribution is 8.06. The number of hydrogen-bond acceptors (Lipinski definition) is 4. The molecule has 4 heteroatoms. The van der Waals surface area contributed by atoms with Gasteiger partial charge >= 0.3 is 0 Å². The van der Waals surface area contributed by atoms with Crippen LogP contribution in [0, 0.1) is 0 Å². The molecule has 2 atom stereocenters. The summed E-state index contributed by atoms with van der Waals surface area (Å²) in [4.78, 5) is 2.78. The van der Waals surface area contributed by atoms with Crippen LogP contribution in [0.15, 0.2) is 0 Å². The van der Waals surface area contributed by atoms with Gasteiger partial charge in [-0.1, -0.05) is 12.8 Å². The molecule has 104 valence electrons. The Morgan fingerprint density at radius 1 is 1.28 bits per heavy atom. The highest BCUT2D eigenvalue weighted by atomic mass is 32.2. The van der Waals surface area contributed by atoms with Crippen molar-refractivity contribution in [3.63, 3.8) is 0 Å². The third kappa shape index (κ3) is 3.02. The van der Waals surface area contributed by atoms with E-state index in [1.807, 2.05) is 0 Å². The van der Waals surface area contributed by atoms with Gasteiger partial charge in [-0.15, -0.1) is 0 Å². The fourth-order valence-electron chi connectivity index (χ4n) is 3.63. The highest BCUT2D eigenvalue weighted by Gasteiger charge is 2.40. The van der Waals surface area contributed by atoms with Crippen LogP contribution >= 0.6 is 23.5 Å². The number of rotatable bonds is 2. The van der Waals surface area contributed by atoms with Gasteiger partial charge in [-0.25, -0.2) is 0 Å². The zero-order valence-corrected chi connectivity index (χ0v) is 13.1. The Balaban J connectivity index is 1.58. The fraction of sp³-hybridized carbons (Fsp3) is 1.00. The Labute approximate surface area is 120 Å². The topological polar surface area (TPSA) is 15.3 Å². The van der Waals surface area contributed by atoms with Crippen LogP contribution in [0.25, 0.3) is 0 Å². The highest BCUT2D eigenvalue weighted by Crippen LogP contribution is 2.34. The van der Waals surface area contributed by atoms with Gasteiger partial charge in [0.05, 0.1) is 0 Å². The van der Waals surface area contributed by atoms with E-state index in [1.54, 1.807) is 0 Å². The van der Waals surface area contributed by atoms with Crippen molar-refractivity contribution in [2.24, 2.45) is 0 Å². The summed E-state index contributed by atoms with van der Waals surface area (Å²) in [5, 5.41) is 4.74. The van der Waals surface area contributed by atoms with Crippen molar-refractivity contribution >= 4 is 23.5 Å². The van der Waals surface area contributed by atoms with Gasteiger partial charge in [0, 0.05) is 53.7 Å². The number of hydrogen-bond donors (Lipinski definition) is 1. The second-order valence-electron chi connectivity index (χ2n) is 6.21. The average molecular weight is 287 g/mol. The van der Waals surface area contributed by atoms with Gasteiger partial charge in [0.1, 0.15) is 0 Å². The smallest absolute Gasteiger partial charge is 0.0309 e. The standard InChI is InChI=1S/C14H26N2S2/c1-12-8-15-14(4-2-3-5-14)11-16(12)9-13-10-17-6-7-18-13/h12-13,15H,2-11H2,1H3. The molecule has 3 rings (SSSR count). The molecule has 1 saturated carbocycles. The zero-order chi connectivity index (χ0) is 12.4. The van der Waals surface area contributed by atoms with Gasteiger partial charge in [-0.3, -0.25) is 4.90 Å². The predicted octanol–water partition coefficient (Wildman–Crippen LogP) is 2.44. The molecule has 0 aromatic heterocycles. The maximum absolute atomic E-state index is 3.86. The molecule has 2 unspecified atom stereocenters. The molecule has 3 aliphatic rings. The summed E-state index contributed by atoms with van der Waals surface area (Å²) in [6.45, 7) is 6.22. The molecule has 0 amide bonds. The third-order valence-electron chi connectivity index (χ3n) is 4.79. The van der Waals surface area contributed by atoms with E-state index in [2.05, 4.69) is 40.7 Å². The van der Waals surface area contributed by atoms with Gasteiger partial charge in [0.2, 0.25) is 0 Å². The van der Waals surface area contributed by atoms with Gasteiger partial charge in [0.25, 0.3) is 0 Å². The molecule has 18 heavy (non-hydrogen) atoms. The van der Waals surface area contributed by atoms with Gasteiger partial charge in [0.15, 0.2) is 0 Å². The molecule has 0 aromatic rings. The molecule has 0 aromatic carbocycles. The Bertz CT molecular complexity index is 273. The fourth-order valence-corrected chi connectivity index (χ4v) is 6.32. The monoisotopic (exact) mass is 286 g/mol. The summed E-state index contributed by atoms with van der Waals surface area (Å²) in [6, 6.07) is 0.726. The maximum Gasteiger partial charge on any atom is 0.0309 e. The molecule has 0 radical (unpaired) electrons. The summed E-state index contributed by atoms with van der Waals surface area (Å²) in [5.41, 5.74) is 0.485. The Morgan fingerprint density at radius 2 is 2.11 bits per heavy atom. The Hall–Kier alpha value is 0.620. The van der Waals surface area contributed by atoms with Crippen LogP contribution in [-0.2, 0) is 0 Å². The van der Waals surface area contributed by atoms with Crippen molar-refractivity contribution in [1.82, 2.24) is 10.2 Å². The minimum absolute atomic E-state index is 0.485. The van der Waals surface area contributed by atoms with E-state index in [0.717, 1.165) is 11.3 Å². The molecular formula is C14H26N2S2. The second kappa shape index (κ2) is 5.94. The number of nitrogens with one attached hydrogen (secondary N) is 1. The van der Waals surface area contributed by atoms with Crippen LogP contribution in [0.5, 0.6) is 0 Å². The first-order chi connectivity index (χ1) is 8.77. The first kappa shape index (κ1) is 13.6. The van der Waals surface area contributed by atoms with E-state index >= 15 is 0 Å². The summed E-state index contributed by atoms with van der Waals surface area (Å²) in [5.74, 6) is 4.09. The number of thioether (sulfide) groups is 2. The lowest BCUT2D eigenvalue weighted by molar-refractivity contribution is 0.0909. The molecule has 2 heterocycles. The third-order valence-corrected chi connectivity index (χ3v) is 7.61. The molecule has 0 bridgehead atoms. The van der Waals surface area contributed by atoms with E-state index < -0.39 is 0 Å². The van der Waals surface area contributed by atoms with Gasteiger partial charge in [-0.2, -0.15) is 23.5 Å². The molecule has 2 nitrogen and oxygen atoms in total. The normalized spacial score (nSPS) is 37.2. The van der Waals surface area contributed by atoms with E-state index in [9.17, 15) is 0 Å². The zero-order valence-electron chi connectivity index (χ0n) is 11.5. The van der Waals surface area contributed by atoms with Crippen LogP contribution in [0.2, 0.25) is 0 Å². The summed E-state index contributed by atoms with van der Waals surface area (Å²) >= 11 is 4.36. The quantitative estimate of drug-likeness (QED) is 0.838. The summed E-state index contributed by atoms with van der Waals surface area (Å²) in [7, 11) is 0. The van der Waals surface area contributed by atoms with Crippen molar-refractivity contribution in [3.8, 4) is 0 Å². The summed E-state index contributed by atoms with van der Waals surface area (Å²) < 4.78 is 0. The van der Waals surface area contributed by atoms with Crippen LogP contribution in [0.4, 0.5) is 0 Å². The lowest BCUT2D eigenvalue weighted by Gasteiger charge is -2.46. The molecule has 1 N–H and O–H groups in total. The van der Waals surface area contributed by atoms with Crippen LogP contribution < -0.4 is 5.32 Å². The van der Waals surface area contributed by atoms with E-state index in [-0.39, 0.29) is 0 Å². The molecular weight excluding hydrogens is 260 g/mol. The summed E-state index contributed by atoms with van der Waals surface area (Å²) in [6.07, 6.45) is 5.68. The Kier molecular flexibility index (Phi) is 4.49. The van der Waals surface area contributed by atoms with Crippen LogP contribution in [0.3, 0.4) is 0 Å². The first-order valence-corrected chi connectivity index (χ1v) is 9.66. The minimum atomic E-state index is 0.485. The first-order valence-electron chi connectivity index (χ1n) is 7.46. The van der Waals surface area contributed by atoms with Gasteiger partial charge in [-0.05, 0) is 19.8 Å². The lowest BCUT2D eigenvalue weighted by atomic mass is 9.92.